The number of fused-ring (bicyclic) bond motifs is 1. The Labute approximate surface area is 128 Å². The van der Waals surface area contributed by atoms with Gasteiger partial charge in [0.15, 0.2) is 5.65 Å². The third-order valence-electron chi connectivity index (χ3n) is 3.70. The van der Waals surface area contributed by atoms with Crippen LogP contribution in [0.2, 0.25) is 0 Å². The molecule has 1 fully saturated rings. The summed E-state index contributed by atoms with van der Waals surface area (Å²) in [5, 5.41) is 4.19. The number of nitrogens with zero attached hydrogens (tertiary/aromatic N) is 4. The Hall–Kier alpha value is -2.15. The second-order valence-electron chi connectivity index (χ2n) is 6.33. The van der Waals surface area contributed by atoms with Gasteiger partial charge in [-0.3, -0.25) is 9.20 Å². The fourth-order valence-corrected chi connectivity index (χ4v) is 2.94. The van der Waals surface area contributed by atoms with Crippen LogP contribution >= 0.6 is 0 Å². The van der Waals surface area contributed by atoms with Gasteiger partial charge in [0.25, 0.3) is 0 Å². The minimum absolute atomic E-state index is 0.0227. The number of pyridine rings is 1. The van der Waals surface area contributed by atoms with Crippen LogP contribution < -0.4 is 5.69 Å². The van der Waals surface area contributed by atoms with Crippen molar-refractivity contribution in [3.05, 3.63) is 34.9 Å². The van der Waals surface area contributed by atoms with Crippen LogP contribution in [0.3, 0.4) is 0 Å². The molecule has 0 bridgehead atoms. The molecule has 1 saturated heterocycles. The molecule has 1 aliphatic rings. The molecule has 1 amide bonds. The van der Waals surface area contributed by atoms with Crippen molar-refractivity contribution in [1.82, 2.24) is 19.1 Å². The highest BCUT2D eigenvalue weighted by molar-refractivity contribution is 5.76. The van der Waals surface area contributed by atoms with Crippen molar-refractivity contribution in [1.29, 1.82) is 0 Å². The van der Waals surface area contributed by atoms with Gasteiger partial charge in [-0.15, -0.1) is 5.10 Å². The van der Waals surface area contributed by atoms with Crippen LogP contribution in [0.5, 0.6) is 0 Å². The topological polar surface area (TPSA) is 68.8 Å². The van der Waals surface area contributed by atoms with Gasteiger partial charge >= 0.3 is 5.69 Å². The van der Waals surface area contributed by atoms with Crippen LogP contribution in [0.15, 0.2) is 29.2 Å². The van der Waals surface area contributed by atoms with Gasteiger partial charge in [-0.2, -0.15) is 0 Å². The van der Waals surface area contributed by atoms with Crippen molar-refractivity contribution in [2.75, 3.05) is 13.1 Å². The molecule has 2 aromatic rings. The maximum atomic E-state index is 12.5. The lowest BCUT2D eigenvalue weighted by Crippen LogP contribution is -2.54. The molecular weight excluding hydrogens is 284 g/mol. The van der Waals surface area contributed by atoms with E-state index < -0.39 is 0 Å². The summed E-state index contributed by atoms with van der Waals surface area (Å²) in [6, 6.07) is 5.30. The van der Waals surface area contributed by atoms with Gasteiger partial charge in [0, 0.05) is 19.3 Å². The number of carbonyl (C=O) groups is 1. The van der Waals surface area contributed by atoms with E-state index in [1.54, 1.807) is 29.3 Å². The average Bonchev–Trinajstić information content (AvgIpc) is 2.74. The molecule has 1 aliphatic heterocycles. The van der Waals surface area contributed by atoms with Crippen molar-refractivity contribution in [2.45, 2.75) is 39.0 Å². The second kappa shape index (κ2) is 5.24. The Balaban J connectivity index is 1.81. The first kappa shape index (κ1) is 14.8. The van der Waals surface area contributed by atoms with Crippen LogP contribution in [0.4, 0.5) is 0 Å². The van der Waals surface area contributed by atoms with Crippen molar-refractivity contribution in [3.8, 4) is 0 Å². The third-order valence-corrected chi connectivity index (χ3v) is 3.70. The third kappa shape index (κ3) is 2.76. The van der Waals surface area contributed by atoms with Crippen molar-refractivity contribution in [3.63, 3.8) is 0 Å². The summed E-state index contributed by atoms with van der Waals surface area (Å²) in [5.41, 5.74) is -0.141. The lowest BCUT2D eigenvalue weighted by molar-refractivity contribution is -0.158. The molecule has 3 heterocycles. The number of aromatic nitrogens is 3. The number of ether oxygens (including phenoxy) is 1. The second-order valence-corrected chi connectivity index (χ2v) is 6.33. The van der Waals surface area contributed by atoms with E-state index >= 15 is 0 Å². The number of hydrogen-bond acceptors (Lipinski definition) is 4. The molecule has 0 saturated carbocycles. The Kier molecular flexibility index (Phi) is 3.52. The molecule has 0 aliphatic carbocycles. The summed E-state index contributed by atoms with van der Waals surface area (Å²) in [5.74, 6) is -0.117. The van der Waals surface area contributed by atoms with E-state index in [1.165, 1.54) is 9.08 Å². The lowest BCUT2D eigenvalue weighted by Gasteiger charge is -2.41. The fourth-order valence-electron chi connectivity index (χ4n) is 2.94. The van der Waals surface area contributed by atoms with Gasteiger partial charge in [0.2, 0.25) is 5.91 Å². The highest BCUT2D eigenvalue weighted by Gasteiger charge is 2.33. The molecule has 0 radical (unpaired) electrons. The zero-order chi connectivity index (χ0) is 15.9. The average molecular weight is 304 g/mol. The van der Waals surface area contributed by atoms with Crippen LogP contribution in [0.1, 0.15) is 20.8 Å². The maximum Gasteiger partial charge on any atom is 0.350 e. The number of morpholine rings is 1. The molecule has 0 aromatic carbocycles. The Morgan fingerprint density at radius 3 is 2.91 bits per heavy atom. The summed E-state index contributed by atoms with van der Waals surface area (Å²) in [4.78, 5) is 26.4. The van der Waals surface area contributed by atoms with E-state index in [0.29, 0.717) is 18.7 Å². The molecule has 7 nitrogen and oxygen atoms in total. The van der Waals surface area contributed by atoms with E-state index in [1.807, 2.05) is 20.8 Å². The zero-order valence-electron chi connectivity index (χ0n) is 13.0. The van der Waals surface area contributed by atoms with Crippen LogP contribution in [-0.2, 0) is 16.1 Å². The summed E-state index contributed by atoms with van der Waals surface area (Å²) >= 11 is 0. The number of amides is 1. The normalized spacial score (nSPS) is 21.2. The fraction of sp³-hybridized carbons (Fsp3) is 0.533. The molecule has 118 valence electrons. The van der Waals surface area contributed by atoms with Gasteiger partial charge in [-0.25, -0.2) is 9.48 Å². The summed E-state index contributed by atoms with van der Waals surface area (Å²) in [6.45, 7) is 6.85. The molecule has 1 atom stereocenters. The predicted octanol–water partition coefficient (Wildman–Crippen LogP) is 0.522. The largest absolute Gasteiger partial charge is 0.369 e. The smallest absolute Gasteiger partial charge is 0.350 e. The quantitative estimate of drug-likeness (QED) is 0.811. The Morgan fingerprint density at radius 1 is 1.45 bits per heavy atom. The number of carbonyl (C=O) groups excluding carboxylic acids is 1. The first-order chi connectivity index (χ1) is 10.4. The first-order valence-corrected chi connectivity index (χ1v) is 7.35. The van der Waals surface area contributed by atoms with Gasteiger partial charge in [0.05, 0.1) is 11.7 Å². The van der Waals surface area contributed by atoms with Crippen molar-refractivity contribution < 1.29 is 9.53 Å². The van der Waals surface area contributed by atoms with Crippen molar-refractivity contribution in [2.24, 2.45) is 0 Å². The maximum absolute atomic E-state index is 12.5. The molecule has 7 heteroatoms. The molecule has 2 aromatic heterocycles. The highest BCUT2D eigenvalue weighted by Crippen LogP contribution is 2.20. The van der Waals surface area contributed by atoms with Crippen LogP contribution in [-0.4, -0.2) is 49.8 Å². The zero-order valence-corrected chi connectivity index (χ0v) is 13.0. The van der Waals surface area contributed by atoms with Gasteiger partial charge < -0.3 is 9.64 Å². The standard InChI is InChI=1S/C15H20N4O3/c1-11-8-17(10-15(2,3)22-11)13(20)9-19-14(21)18-7-5-4-6-12(18)16-19/h4-7,11H,8-10H2,1-3H3. The van der Waals surface area contributed by atoms with Gasteiger partial charge in [-0.1, -0.05) is 6.07 Å². The number of hydrogen-bond donors (Lipinski definition) is 0. The molecule has 3 rings (SSSR count). The lowest BCUT2D eigenvalue weighted by atomic mass is 10.1. The summed E-state index contributed by atoms with van der Waals surface area (Å²) in [6.07, 6.45) is 1.62. The van der Waals surface area contributed by atoms with Crippen LogP contribution in [0, 0.1) is 0 Å². The van der Waals surface area contributed by atoms with E-state index in [2.05, 4.69) is 5.10 Å². The minimum atomic E-state index is -0.378. The molecule has 0 spiro atoms. The number of rotatable bonds is 2. The molecule has 0 N–H and O–H groups in total. The Bertz CT molecular complexity index is 761. The van der Waals surface area contributed by atoms with E-state index in [4.69, 9.17) is 4.74 Å². The molecule has 1 unspecified atom stereocenters. The van der Waals surface area contributed by atoms with E-state index in [0.717, 1.165) is 0 Å². The Morgan fingerprint density at radius 2 is 2.23 bits per heavy atom. The minimum Gasteiger partial charge on any atom is -0.369 e. The van der Waals surface area contributed by atoms with E-state index in [-0.39, 0.29) is 29.8 Å². The summed E-state index contributed by atoms with van der Waals surface area (Å²) < 4.78 is 8.44. The molecular formula is C15H20N4O3. The predicted molar refractivity (Wildman–Crippen MR) is 80.7 cm³/mol. The monoisotopic (exact) mass is 304 g/mol. The van der Waals surface area contributed by atoms with E-state index in [9.17, 15) is 9.59 Å². The van der Waals surface area contributed by atoms with Crippen molar-refractivity contribution >= 4 is 11.6 Å². The van der Waals surface area contributed by atoms with Gasteiger partial charge in [0.1, 0.15) is 6.54 Å². The first-order valence-electron chi connectivity index (χ1n) is 7.35. The molecule has 22 heavy (non-hydrogen) atoms. The van der Waals surface area contributed by atoms with Gasteiger partial charge in [-0.05, 0) is 32.9 Å². The van der Waals surface area contributed by atoms with Crippen LogP contribution in [0.25, 0.3) is 5.65 Å². The summed E-state index contributed by atoms with van der Waals surface area (Å²) in [7, 11) is 0. The highest BCUT2D eigenvalue weighted by atomic mass is 16.5. The SMILES string of the molecule is CC1CN(C(=O)Cn2nc3ccccn3c2=O)CC(C)(C)O1.